The molecule has 0 unspecified atom stereocenters. The molecule has 1 N–H and O–H groups in total. The van der Waals surface area contributed by atoms with Gasteiger partial charge in [0.25, 0.3) is 0 Å². The highest BCUT2D eigenvalue weighted by atomic mass is 32.1. The third-order valence-electron chi connectivity index (χ3n) is 17.3. The zero-order valence-corrected chi connectivity index (χ0v) is 55.8. The van der Waals surface area contributed by atoms with Crippen molar-refractivity contribution in [3.63, 3.8) is 0 Å². The number of hydrogen-bond acceptors (Lipinski definition) is 10. The van der Waals surface area contributed by atoms with Crippen molar-refractivity contribution in [1.82, 2.24) is 8.75 Å². The van der Waals surface area contributed by atoms with E-state index < -0.39 is 5.97 Å². The topological polar surface area (TPSA) is 96.6 Å². The normalized spacial score (nSPS) is 11.5. The molecule has 11 heteroatoms. The molecule has 15 aromatic rings. The highest BCUT2D eigenvalue weighted by molar-refractivity contribution is 7.19. The first-order chi connectivity index (χ1) is 48.8. The van der Waals surface area contributed by atoms with E-state index in [2.05, 4.69) is 330 Å². The van der Waals surface area contributed by atoms with E-state index >= 15 is 0 Å². The van der Waals surface area contributed by atoms with Gasteiger partial charge in [-0.05, 0) is 190 Å². The van der Waals surface area contributed by atoms with Crippen molar-refractivity contribution >= 4 is 133 Å². The summed E-state index contributed by atoms with van der Waals surface area (Å²) in [5.41, 5.74) is 23.0. The van der Waals surface area contributed by atoms with E-state index in [4.69, 9.17) is 8.75 Å². The molecule has 0 saturated carbocycles. The van der Waals surface area contributed by atoms with Gasteiger partial charge < -0.3 is 19.8 Å². The Kier molecular flexibility index (Phi) is 18.2. The zero-order valence-electron chi connectivity index (χ0n) is 53.3. The Balaban J connectivity index is 0.671. The molecule has 0 saturated heterocycles. The molecule has 0 fully saturated rings. The van der Waals surface area contributed by atoms with E-state index in [-0.39, 0.29) is 5.57 Å². The molecular formula is C88H60N6O2S3. The Hall–Kier alpha value is -12.6. The summed E-state index contributed by atoms with van der Waals surface area (Å²) in [6.45, 7) is 0. The maximum Gasteiger partial charge on any atom is 0.346 e. The SMILES string of the molecule is N#C/C(=C/c1ccc(-c2ccc(-c3ccc(-c4ccc(N(c5ccc(-c6ccc(/C=C/c7ccc(N(c8ccccc8)c8ccccc8)cc7)cc6)cc5)c5ccc(-c6ccc(/C=C/c7ccc(N(c8ccccc8)c8ccccc8)cc7)cc6)cc5)cc4)s3)c3nsnc23)s1)C(=O)O. The van der Waals surface area contributed by atoms with Gasteiger partial charge in [-0.2, -0.15) is 14.0 Å². The van der Waals surface area contributed by atoms with Crippen LogP contribution >= 0.6 is 34.4 Å². The first kappa shape index (κ1) is 62.5. The largest absolute Gasteiger partial charge is 0.477 e. The van der Waals surface area contributed by atoms with Crippen molar-refractivity contribution < 1.29 is 9.90 Å². The van der Waals surface area contributed by atoms with Gasteiger partial charge in [-0.15, -0.1) is 22.7 Å². The Morgan fingerprint density at radius 3 is 0.949 bits per heavy atom. The molecule has 12 aromatic carbocycles. The van der Waals surface area contributed by atoms with Gasteiger partial charge in [0, 0.05) is 81.8 Å². The number of rotatable bonds is 20. The van der Waals surface area contributed by atoms with E-state index in [0.29, 0.717) is 4.88 Å². The van der Waals surface area contributed by atoms with Gasteiger partial charge in [-0.1, -0.05) is 218 Å². The van der Waals surface area contributed by atoms with Gasteiger partial charge >= 0.3 is 5.97 Å². The number of aliphatic carboxylic acids is 1. The summed E-state index contributed by atoms with van der Waals surface area (Å²) in [7, 11) is 0. The van der Waals surface area contributed by atoms with Crippen LogP contribution < -0.4 is 14.7 Å². The molecule has 0 bridgehead atoms. The number of carboxylic acid groups (broad SMARTS) is 1. The smallest absolute Gasteiger partial charge is 0.346 e. The molecule has 472 valence electrons. The molecule has 0 atom stereocenters. The van der Waals surface area contributed by atoms with E-state index in [1.54, 1.807) is 17.4 Å². The van der Waals surface area contributed by atoms with Gasteiger partial charge in [0.2, 0.25) is 0 Å². The summed E-state index contributed by atoms with van der Waals surface area (Å²) in [6, 6.07) is 117. The third-order valence-corrected chi connectivity index (χ3v) is 20.0. The molecule has 0 aliphatic carbocycles. The fourth-order valence-electron chi connectivity index (χ4n) is 12.2. The molecular weight excluding hydrogens is 1270 g/mol. The van der Waals surface area contributed by atoms with Crippen LogP contribution in [0, 0.1) is 11.3 Å². The number of nitriles is 1. The second kappa shape index (κ2) is 28.8. The number of para-hydroxylation sites is 4. The first-order valence-electron chi connectivity index (χ1n) is 32.3. The van der Waals surface area contributed by atoms with E-state index in [1.807, 2.05) is 36.4 Å². The van der Waals surface area contributed by atoms with Crippen LogP contribution in [0.15, 0.2) is 333 Å². The summed E-state index contributed by atoms with van der Waals surface area (Å²) < 4.78 is 9.48. The second-order valence-electron chi connectivity index (χ2n) is 23.5. The van der Waals surface area contributed by atoms with Gasteiger partial charge in [-0.3, -0.25) is 0 Å². The molecule has 0 radical (unpaired) electrons. The Morgan fingerprint density at radius 2 is 0.606 bits per heavy atom. The predicted octanol–water partition coefficient (Wildman–Crippen LogP) is 24.9. The van der Waals surface area contributed by atoms with Crippen LogP contribution in [-0.2, 0) is 4.79 Å². The summed E-state index contributed by atoms with van der Waals surface area (Å²) in [6.07, 6.45) is 10.1. The monoisotopic (exact) mass is 1330 g/mol. The first-order valence-corrected chi connectivity index (χ1v) is 34.7. The molecule has 3 aromatic heterocycles. The van der Waals surface area contributed by atoms with Crippen LogP contribution in [0.4, 0.5) is 51.2 Å². The van der Waals surface area contributed by atoms with Gasteiger partial charge in [0.05, 0.1) is 11.7 Å². The summed E-state index contributed by atoms with van der Waals surface area (Å²) in [4.78, 5) is 22.2. The van der Waals surface area contributed by atoms with Crippen LogP contribution in [0.1, 0.15) is 27.1 Å². The van der Waals surface area contributed by atoms with Crippen molar-refractivity contribution in [3.05, 3.63) is 360 Å². The standard InChI is InChI=1S/C88H60N6O2S3/c89-60-70(88(95)96)59-80-53-56-84(97-80)81-54-55-82(87-86(81)90-99-91-87)85-58-57-83(98-85)69-41-51-79(52-42-69)94(77-47-37-67(38-48-77)65-33-25-61(26-34-65)21-23-63-29-43-75(44-30-63)92(71-13-5-1-6-14-71)72-15-7-2-8-16-72)78-49-39-68(40-50-78)66-35-27-62(28-36-66)22-24-64-31-45-76(46-32-64)93(73-17-9-3-10-18-73)74-19-11-4-12-20-74/h1-59H,(H,95,96)/b23-21+,24-22+,70-59-. The Labute approximate surface area is 587 Å². The van der Waals surface area contributed by atoms with Crippen LogP contribution in [0.3, 0.4) is 0 Å². The van der Waals surface area contributed by atoms with Gasteiger partial charge in [-0.25, -0.2) is 4.79 Å². The summed E-state index contributed by atoms with van der Waals surface area (Å²) in [5.74, 6) is -1.25. The zero-order chi connectivity index (χ0) is 66.9. The number of anilines is 9. The predicted molar refractivity (Wildman–Crippen MR) is 416 cm³/mol. The van der Waals surface area contributed by atoms with Crippen molar-refractivity contribution in [3.8, 4) is 59.6 Å². The van der Waals surface area contributed by atoms with Crippen LogP contribution in [-0.4, -0.2) is 19.8 Å². The van der Waals surface area contributed by atoms with Crippen molar-refractivity contribution in [2.75, 3.05) is 14.7 Å². The minimum atomic E-state index is -1.25. The molecule has 8 nitrogen and oxygen atoms in total. The maximum atomic E-state index is 11.5. The average Bonchev–Trinajstić information content (AvgIpc) is 1.67. The summed E-state index contributed by atoms with van der Waals surface area (Å²) in [5, 5.41) is 18.8. The van der Waals surface area contributed by atoms with Crippen LogP contribution in [0.2, 0.25) is 0 Å². The summed E-state index contributed by atoms with van der Waals surface area (Å²) >= 11 is 4.28. The number of aromatic nitrogens is 2. The molecule has 15 rings (SSSR count). The number of fused-ring (bicyclic) bond motifs is 1. The fraction of sp³-hybridized carbons (Fsp3) is 0. The quantitative estimate of drug-likeness (QED) is 0.0458. The number of benzene rings is 12. The molecule has 99 heavy (non-hydrogen) atoms. The van der Waals surface area contributed by atoms with E-state index in [0.717, 1.165) is 138 Å². The molecule has 0 aliphatic heterocycles. The van der Waals surface area contributed by atoms with Crippen molar-refractivity contribution in [1.29, 1.82) is 5.26 Å². The van der Waals surface area contributed by atoms with Gasteiger partial charge in [0.15, 0.2) is 0 Å². The fourth-order valence-corrected chi connectivity index (χ4v) is 14.8. The third kappa shape index (κ3) is 14.0. The van der Waals surface area contributed by atoms with E-state index in [1.165, 1.54) is 29.1 Å². The number of hydrogen-bond donors (Lipinski definition) is 1. The lowest BCUT2D eigenvalue weighted by Gasteiger charge is -2.26. The number of carboxylic acids is 1. The lowest BCUT2D eigenvalue weighted by molar-refractivity contribution is -0.132. The van der Waals surface area contributed by atoms with Crippen molar-refractivity contribution in [2.45, 2.75) is 0 Å². The maximum absolute atomic E-state index is 11.5. The number of thiophene rings is 2. The molecule has 0 aliphatic rings. The number of nitrogens with zero attached hydrogens (tertiary/aromatic N) is 6. The molecule has 3 heterocycles. The van der Waals surface area contributed by atoms with Gasteiger partial charge in [0.1, 0.15) is 22.7 Å². The lowest BCUT2D eigenvalue weighted by atomic mass is 10.0. The van der Waals surface area contributed by atoms with Crippen molar-refractivity contribution in [2.24, 2.45) is 0 Å². The number of carbonyl (C=O) groups is 1. The minimum absolute atomic E-state index is 0.313. The molecule has 0 spiro atoms. The second-order valence-corrected chi connectivity index (χ2v) is 26.3. The molecule has 0 amide bonds. The lowest BCUT2D eigenvalue weighted by Crippen LogP contribution is -2.09. The Morgan fingerprint density at radius 1 is 0.323 bits per heavy atom. The van der Waals surface area contributed by atoms with Crippen LogP contribution in [0.25, 0.3) is 95.0 Å². The highest BCUT2D eigenvalue weighted by Crippen LogP contribution is 2.44. The van der Waals surface area contributed by atoms with Crippen LogP contribution in [0.5, 0.6) is 0 Å². The van der Waals surface area contributed by atoms with E-state index in [9.17, 15) is 15.2 Å². The minimum Gasteiger partial charge on any atom is -0.477 e. The Bertz CT molecular complexity index is 5110. The average molecular weight is 1330 g/mol. The highest BCUT2D eigenvalue weighted by Gasteiger charge is 2.20.